The number of carbonyl (C=O) groups excluding carboxylic acids is 1. The Morgan fingerprint density at radius 1 is 1.42 bits per heavy atom. The van der Waals surface area contributed by atoms with E-state index in [0.717, 1.165) is 30.5 Å². The number of nitrogens with zero attached hydrogens (tertiary/aromatic N) is 2. The minimum absolute atomic E-state index is 0.235. The van der Waals surface area contributed by atoms with Gasteiger partial charge >= 0.3 is 0 Å². The summed E-state index contributed by atoms with van der Waals surface area (Å²) in [6.45, 7) is 3.68. The van der Waals surface area contributed by atoms with E-state index in [9.17, 15) is 4.79 Å². The summed E-state index contributed by atoms with van der Waals surface area (Å²) in [6.07, 6.45) is 2.09. The van der Waals surface area contributed by atoms with Gasteiger partial charge in [-0.3, -0.25) is 9.69 Å². The minimum Gasteiger partial charge on any atom is -0.439 e. The molecule has 0 fully saturated rings. The molecule has 0 radical (unpaired) electrons. The highest BCUT2D eigenvalue weighted by Gasteiger charge is 2.12. The van der Waals surface area contributed by atoms with Crippen LogP contribution in [0.25, 0.3) is 11.1 Å². The zero-order chi connectivity index (χ0) is 13.7. The molecule has 0 bridgehead atoms. The van der Waals surface area contributed by atoms with Gasteiger partial charge in [0.1, 0.15) is 5.52 Å². The van der Waals surface area contributed by atoms with E-state index in [2.05, 4.69) is 11.9 Å². The number of para-hydroxylation sites is 2. The lowest BCUT2D eigenvalue weighted by molar-refractivity contribution is -0.119. The van der Waals surface area contributed by atoms with Gasteiger partial charge in [-0.15, -0.1) is 0 Å². The Balaban J connectivity index is 2.08. The molecule has 0 saturated heterocycles. The van der Waals surface area contributed by atoms with Gasteiger partial charge in [-0.2, -0.15) is 0 Å². The highest BCUT2D eigenvalue weighted by atomic mass is 16.3. The molecule has 1 aromatic carbocycles. The number of carbonyl (C=O) groups is 1. The van der Waals surface area contributed by atoms with E-state index < -0.39 is 0 Å². The molecule has 1 amide bonds. The van der Waals surface area contributed by atoms with Crippen LogP contribution in [0.2, 0.25) is 0 Å². The van der Waals surface area contributed by atoms with Crippen LogP contribution in [0.4, 0.5) is 0 Å². The molecule has 19 heavy (non-hydrogen) atoms. The highest BCUT2D eigenvalue weighted by Crippen LogP contribution is 2.16. The first-order valence-corrected chi connectivity index (χ1v) is 6.54. The number of nitrogens with two attached hydrogens (primary N) is 1. The summed E-state index contributed by atoms with van der Waals surface area (Å²) in [5.74, 6) is 0.297. The van der Waals surface area contributed by atoms with Crippen LogP contribution in [-0.4, -0.2) is 28.9 Å². The Bertz CT molecular complexity index is 517. The maximum Gasteiger partial charge on any atom is 0.231 e. The summed E-state index contributed by atoms with van der Waals surface area (Å²) >= 11 is 0. The van der Waals surface area contributed by atoms with Crippen LogP contribution < -0.4 is 5.73 Å². The van der Waals surface area contributed by atoms with Gasteiger partial charge in [0.05, 0.1) is 13.1 Å². The van der Waals surface area contributed by atoms with Gasteiger partial charge in [-0.25, -0.2) is 4.98 Å². The first-order valence-electron chi connectivity index (χ1n) is 6.54. The van der Waals surface area contributed by atoms with E-state index in [-0.39, 0.29) is 12.5 Å². The molecular weight excluding hydrogens is 242 g/mol. The molecule has 1 aromatic heterocycles. The van der Waals surface area contributed by atoms with Gasteiger partial charge in [0.25, 0.3) is 0 Å². The van der Waals surface area contributed by atoms with Crippen molar-refractivity contribution < 1.29 is 9.21 Å². The zero-order valence-electron chi connectivity index (χ0n) is 11.1. The number of primary amides is 1. The number of oxazole rings is 1. The van der Waals surface area contributed by atoms with Crippen molar-refractivity contribution in [3.63, 3.8) is 0 Å². The first-order chi connectivity index (χ1) is 9.19. The number of unbranched alkanes of at least 4 members (excludes halogenated alkanes) is 1. The fourth-order valence-electron chi connectivity index (χ4n) is 1.99. The van der Waals surface area contributed by atoms with Crippen molar-refractivity contribution in [1.82, 2.24) is 9.88 Å². The van der Waals surface area contributed by atoms with Crippen LogP contribution in [0.5, 0.6) is 0 Å². The molecule has 0 aliphatic heterocycles. The van der Waals surface area contributed by atoms with Crippen LogP contribution in [-0.2, 0) is 11.3 Å². The highest BCUT2D eigenvalue weighted by molar-refractivity contribution is 5.76. The van der Waals surface area contributed by atoms with Crippen LogP contribution in [0, 0.1) is 0 Å². The second-order valence-corrected chi connectivity index (χ2v) is 4.61. The SMILES string of the molecule is CCCCN(CC(N)=O)Cc1nc2ccccc2o1. The number of fused-ring (bicyclic) bond motifs is 1. The van der Waals surface area contributed by atoms with Crippen LogP contribution in [0.15, 0.2) is 28.7 Å². The van der Waals surface area contributed by atoms with E-state index in [0.29, 0.717) is 12.4 Å². The summed E-state index contributed by atoms with van der Waals surface area (Å²) in [5.41, 5.74) is 6.87. The van der Waals surface area contributed by atoms with Crippen LogP contribution >= 0.6 is 0 Å². The number of hydrogen-bond acceptors (Lipinski definition) is 4. The third-order valence-electron chi connectivity index (χ3n) is 2.90. The molecule has 0 unspecified atom stereocenters. The van der Waals surface area contributed by atoms with E-state index in [4.69, 9.17) is 10.2 Å². The average Bonchev–Trinajstić information content (AvgIpc) is 2.77. The van der Waals surface area contributed by atoms with Gasteiger partial charge in [-0.05, 0) is 25.1 Å². The van der Waals surface area contributed by atoms with E-state index in [1.165, 1.54) is 0 Å². The molecule has 0 atom stereocenters. The van der Waals surface area contributed by atoms with E-state index in [1.54, 1.807) is 0 Å². The third kappa shape index (κ3) is 3.79. The van der Waals surface area contributed by atoms with Gasteiger partial charge in [0, 0.05) is 0 Å². The number of aromatic nitrogens is 1. The van der Waals surface area contributed by atoms with Crippen molar-refractivity contribution in [3.8, 4) is 0 Å². The lowest BCUT2D eigenvalue weighted by Crippen LogP contribution is -2.34. The van der Waals surface area contributed by atoms with Gasteiger partial charge in [0.2, 0.25) is 11.8 Å². The maximum absolute atomic E-state index is 11.1. The topological polar surface area (TPSA) is 72.4 Å². The second kappa shape index (κ2) is 6.33. The molecule has 102 valence electrons. The van der Waals surface area contributed by atoms with Crippen molar-refractivity contribution in [3.05, 3.63) is 30.2 Å². The molecule has 2 rings (SSSR count). The molecular formula is C14H19N3O2. The van der Waals surface area contributed by atoms with Crippen LogP contribution in [0.1, 0.15) is 25.7 Å². The van der Waals surface area contributed by atoms with Crippen molar-refractivity contribution >= 4 is 17.0 Å². The Morgan fingerprint density at radius 3 is 2.89 bits per heavy atom. The summed E-state index contributed by atoms with van der Waals surface area (Å²) in [6, 6.07) is 7.63. The van der Waals surface area contributed by atoms with E-state index in [1.807, 2.05) is 29.2 Å². The Morgan fingerprint density at radius 2 is 2.21 bits per heavy atom. The Kier molecular flexibility index (Phi) is 4.52. The fourth-order valence-corrected chi connectivity index (χ4v) is 1.99. The quantitative estimate of drug-likeness (QED) is 0.826. The second-order valence-electron chi connectivity index (χ2n) is 4.61. The predicted octanol–water partition coefficient (Wildman–Crippen LogP) is 1.92. The minimum atomic E-state index is -0.327. The number of benzene rings is 1. The lowest BCUT2D eigenvalue weighted by Gasteiger charge is -2.18. The number of hydrogen-bond donors (Lipinski definition) is 1. The van der Waals surface area contributed by atoms with Crippen molar-refractivity contribution in [2.24, 2.45) is 5.73 Å². The zero-order valence-corrected chi connectivity index (χ0v) is 11.1. The molecule has 2 N–H and O–H groups in total. The van der Waals surface area contributed by atoms with Gasteiger partial charge < -0.3 is 10.2 Å². The lowest BCUT2D eigenvalue weighted by atomic mass is 10.3. The summed E-state index contributed by atoms with van der Waals surface area (Å²) in [4.78, 5) is 17.4. The molecule has 5 nitrogen and oxygen atoms in total. The number of rotatable bonds is 7. The Labute approximate surface area is 112 Å². The molecule has 5 heteroatoms. The van der Waals surface area contributed by atoms with E-state index >= 15 is 0 Å². The molecule has 0 aliphatic carbocycles. The summed E-state index contributed by atoms with van der Waals surface area (Å²) in [5, 5.41) is 0. The van der Waals surface area contributed by atoms with Crippen LogP contribution in [0.3, 0.4) is 0 Å². The monoisotopic (exact) mass is 261 g/mol. The van der Waals surface area contributed by atoms with Crippen molar-refractivity contribution in [2.45, 2.75) is 26.3 Å². The number of amides is 1. The largest absolute Gasteiger partial charge is 0.439 e. The normalized spacial score (nSPS) is 11.3. The smallest absolute Gasteiger partial charge is 0.231 e. The molecule has 2 aromatic rings. The first kappa shape index (κ1) is 13.5. The molecule has 0 aliphatic rings. The Hall–Kier alpha value is -1.88. The van der Waals surface area contributed by atoms with Gasteiger partial charge in [0.15, 0.2) is 5.58 Å². The molecule has 1 heterocycles. The van der Waals surface area contributed by atoms with Gasteiger partial charge in [-0.1, -0.05) is 25.5 Å². The van der Waals surface area contributed by atoms with Crippen molar-refractivity contribution in [2.75, 3.05) is 13.1 Å². The summed E-state index contributed by atoms with van der Waals surface area (Å²) < 4.78 is 5.66. The maximum atomic E-state index is 11.1. The average molecular weight is 261 g/mol. The molecule has 0 saturated carbocycles. The standard InChI is InChI=1S/C14H19N3O2/c1-2-3-8-17(9-13(15)18)10-14-16-11-6-4-5-7-12(11)19-14/h4-7H,2-3,8-10H2,1H3,(H2,15,18). The predicted molar refractivity (Wildman–Crippen MR) is 73.4 cm³/mol. The fraction of sp³-hybridized carbons (Fsp3) is 0.429. The molecule has 0 spiro atoms. The summed E-state index contributed by atoms with van der Waals surface area (Å²) in [7, 11) is 0. The van der Waals surface area contributed by atoms with Crippen molar-refractivity contribution in [1.29, 1.82) is 0 Å². The third-order valence-corrected chi connectivity index (χ3v) is 2.90.